The third kappa shape index (κ3) is 4.13. The van der Waals surface area contributed by atoms with Gasteiger partial charge in [0, 0.05) is 12.8 Å². The van der Waals surface area contributed by atoms with Crippen LogP contribution in [0.1, 0.15) is 33.1 Å². The summed E-state index contributed by atoms with van der Waals surface area (Å²) in [4.78, 5) is 24.2. The fourth-order valence-corrected chi connectivity index (χ4v) is 4.03. The van der Waals surface area contributed by atoms with Crippen LogP contribution in [0.2, 0.25) is 0 Å². The summed E-state index contributed by atoms with van der Waals surface area (Å²) in [6.45, 7) is 4.26. The van der Waals surface area contributed by atoms with Crippen LogP contribution in [0.15, 0.2) is 27.4 Å². The summed E-state index contributed by atoms with van der Waals surface area (Å²) in [5, 5.41) is 0. The van der Waals surface area contributed by atoms with E-state index in [1.54, 1.807) is 4.57 Å². The van der Waals surface area contributed by atoms with Crippen molar-refractivity contribution in [1.29, 1.82) is 0 Å². The van der Waals surface area contributed by atoms with E-state index in [0.717, 1.165) is 8.95 Å². The Kier molecular flexibility index (Phi) is 5.20. The van der Waals surface area contributed by atoms with Crippen molar-refractivity contribution in [2.24, 2.45) is 5.92 Å². The number of hydrogen-bond acceptors (Lipinski definition) is 3. The number of nitrogens with zero attached hydrogens (tertiary/aromatic N) is 1. The first kappa shape index (κ1) is 16.6. The Hall–Kier alpha value is -0.750. The fraction of sp³-hybridized carbons (Fsp3) is 0.533. The maximum absolute atomic E-state index is 12.7. The highest BCUT2D eigenvalue weighted by Crippen LogP contribution is 2.34. The van der Waals surface area contributed by atoms with E-state index < -0.39 is 5.60 Å². The van der Waals surface area contributed by atoms with Crippen LogP contribution in [-0.2, 0) is 20.9 Å². The number of halogens is 2. The number of ether oxygens (including phenoxy) is 1. The van der Waals surface area contributed by atoms with Crippen LogP contribution >= 0.6 is 31.9 Å². The third-order valence-electron chi connectivity index (χ3n) is 3.47. The van der Waals surface area contributed by atoms with E-state index in [4.69, 9.17) is 4.74 Å². The molecule has 6 heteroatoms. The van der Waals surface area contributed by atoms with E-state index in [9.17, 15) is 9.59 Å². The Morgan fingerprint density at radius 1 is 1.38 bits per heavy atom. The first-order valence-electron chi connectivity index (χ1n) is 6.91. The maximum atomic E-state index is 12.7. The smallest absolute Gasteiger partial charge is 0.306 e. The zero-order chi connectivity index (χ0) is 15.6. The highest BCUT2D eigenvalue weighted by molar-refractivity contribution is 9.11. The van der Waals surface area contributed by atoms with Gasteiger partial charge in [-0.3, -0.25) is 9.59 Å². The van der Waals surface area contributed by atoms with Gasteiger partial charge < -0.3 is 4.74 Å². The quantitative estimate of drug-likeness (QED) is 0.543. The molecule has 1 aromatic heterocycles. The molecule has 21 heavy (non-hydrogen) atoms. The molecule has 0 N–H and O–H groups in total. The van der Waals surface area contributed by atoms with E-state index in [1.165, 1.54) is 0 Å². The summed E-state index contributed by atoms with van der Waals surface area (Å²) >= 11 is 6.80. The summed E-state index contributed by atoms with van der Waals surface area (Å²) in [5.74, 6) is -0.0273. The molecular formula is C15H18Br2NO3+. The van der Waals surface area contributed by atoms with E-state index in [2.05, 4.69) is 31.9 Å². The molecule has 114 valence electrons. The average Bonchev–Trinajstić information content (AvgIpc) is 2.69. The summed E-state index contributed by atoms with van der Waals surface area (Å²) in [6, 6.07) is 1.90. The van der Waals surface area contributed by atoms with Crippen molar-refractivity contribution in [3.05, 3.63) is 27.4 Å². The van der Waals surface area contributed by atoms with Crippen molar-refractivity contribution in [3.63, 3.8) is 0 Å². The van der Waals surface area contributed by atoms with Crippen LogP contribution in [0.4, 0.5) is 0 Å². The van der Waals surface area contributed by atoms with Crippen molar-refractivity contribution in [2.45, 2.75) is 45.3 Å². The molecule has 1 aromatic rings. The summed E-state index contributed by atoms with van der Waals surface area (Å²) in [6.07, 6.45) is 5.06. The van der Waals surface area contributed by atoms with Crippen LogP contribution < -0.4 is 4.57 Å². The third-order valence-corrected chi connectivity index (χ3v) is 4.34. The van der Waals surface area contributed by atoms with Gasteiger partial charge in [-0.15, -0.1) is 0 Å². The van der Waals surface area contributed by atoms with Gasteiger partial charge in [-0.25, -0.2) is 0 Å². The Labute approximate surface area is 141 Å². The number of carbonyl (C=O) groups is 2. The van der Waals surface area contributed by atoms with E-state index >= 15 is 0 Å². The Balaban J connectivity index is 2.21. The van der Waals surface area contributed by atoms with Gasteiger partial charge in [0.15, 0.2) is 18.0 Å². The Morgan fingerprint density at radius 3 is 2.48 bits per heavy atom. The molecule has 1 atom stereocenters. The molecule has 0 amide bonds. The highest BCUT2D eigenvalue weighted by atomic mass is 79.9. The second kappa shape index (κ2) is 6.57. The van der Waals surface area contributed by atoms with Crippen molar-refractivity contribution < 1.29 is 18.9 Å². The summed E-state index contributed by atoms with van der Waals surface area (Å²) in [5.41, 5.74) is -0.951. The number of pyridine rings is 1. The molecule has 2 heterocycles. The van der Waals surface area contributed by atoms with Crippen LogP contribution in [0, 0.1) is 5.92 Å². The molecule has 4 nitrogen and oxygen atoms in total. The lowest BCUT2D eigenvalue weighted by Crippen LogP contribution is -2.49. The predicted octanol–water partition coefficient (Wildman–Crippen LogP) is 3.19. The zero-order valence-electron chi connectivity index (χ0n) is 12.1. The lowest BCUT2D eigenvalue weighted by atomic mass is 9.86. The molecule has 1 saturated heterocycles. The molecule has 0 aromatic carbocycles. The SMILES string of the molecule is CC(C)C[C@]1(C(=O)C[n+]2cc(Br)cc(Br)c2)CCC(=O)O1. The van der Waals surface area contributed by atoms with E-state index in [0.29, 0.717) is 25.2 Å². The molecule has 0 spiro atoms. The van der Waals surface area contributed by atoms with Crippen LogP contribution in [0.3, 0.4) is 0 Å². The minimum atomic E-state index is -0.951. The molecule has 0 radical (unpaired) electrons. The Morgan fingerprint density at radius 2 is 2.00 bits per heavy atom. The number of carbonyl (C=O) groups excluding carboxylic acids is 2. The van der Waals surface area contributed by atoms with E-state index in [-0.39, 0.29) is 18.3 Å². The molecule has 1 aliphatic heterocycles. The number of ketones is 1. The normalized spacial score (nSPS) is 21.7. The Bertz CT molecular complexity index is 554. The van der Waals surface area contributed by atoms with Crippen molar-refractivity contribution >= 4 is 43.6 Å². The lowest BCUT2D eigenvalue weighted by molar-refractivity contribution is -0.686. The molecule has 0 saturated carbocycles. The number of hydrogen-bond donors (Lipinski definition) is 0. The van der Waals surface area contributed by atoms with Gasteiger partial charge in [-0.05, 0) is 50.3 Å². The minimum absolute atomic E-state index is 0.0444. The molecule has 1 aliphatic rings. The topological polar surface area (TPSA) is 47.2 Å². The molecular weight excluding hydrogens is 402 g/mol. The number of rotatable bonds is 5. The molecule has 2 rings (SSSR count). The van der Waals surface area contributed by atoms with E-state index in [1.807, 2.05) is 32.3 Å². The largest absolute Gasteiger partial charge is 0.451 e. The van der Waals surface area contributed by atoms with Crippen molar-refractivity contribution in [3.8, 4) is 0 Å². The van der Waals surface area contributed by atoms with Crippen molar-refractivity contribution in [2.75, 3.05) is 0 Å². The minimum Gasteiger partial charge on any atom is -0.451 e. The lowest BCUT2D eigenvalue weighted by Gasteiger charge is -2.26. The number of cyclic esters (lactones) is 1. The first-order valence-corrected chi connectivity index (χ1v) is 8.49. The molecule has 1 fully saturated rings. The van der Waals surface area contributed by atoms with Gasteiger partial charge in [0.05, 0.1) is 8.95 Å². The van der Waals surface area contributed by atoms with Crippen LogP contribution in [0.25, 0.3) is 0 Å². The van der Waals surface area contributed by atoms with Gasteiger partial charge in [0.1, 0.15) is 0 Å². The second-order valence-electron chi connectivity index (χ2n) is 5.83. The zero-order valence-corrected chi connectivity index (χ0v) is 15.2. The maximum Gasteiger partial charge on any atom is 0.306 e. The van der Waals surface area contributed by atoms with Crippen LogP contribution in [-0.4, -0.2) is 17.4 Å². The van der Waals surface area contributed by atoms with Gasteiger partial charge in [0.25, 0.3) is 0 Å². The number of aromatic nitrogens is 1. The van der Waals surface area contributed by atoms with Crippen molar-refractivity contribution in [1.82, 2.24) is 0 Å². The first-order chi connectivity index (χ1) is 9.80. The molecule has 0 bridgehead atoms. The summed E-state index contributed by atoms with van der Waals surface area (Å²) < 4.78 is 8.99. The highest BCUT2D eigenvalue weighted by Gasteiger charge is 2.48. The fourth-order valence-electron chi connectivity index (χ4n) is 2.70. The number of esters is 1. The second-order valence-corrected chi connectivity index (χ2v) is 7.67. The predicted molar refractivity (Wildman–Crippen MR) is 84.6 cm³/mol. The number of Topliss-reactive ketones (excluding diaryl/α,β-unsaturated/α-hetero) is 1. The summed E-state index contributed by atoms with van der Waals surface area (Å²) in [7, 11) is 0. The van der Waals surface area contributed by atoms with Gasteiger partial charge in [-0.1, -0.05) is 13.8 Å². The van der Waals surface area contributed by atoms with Gasteiger partial charge >= 0.3 is 5.97 Å². The standard InChI is InChI=1S/C15H18Br2NO3/c1-10(2)6-15(4-3-14(20)21-15)13(19)9-18-7-11(16)5-12(17)8-18/h5,7-8,10H,3-4,6,9H2,1-2H3/q+1/t15-/m0/s1. The molecule has 0 aliphatic carbocycles. The average molecular weight is 420 g/mol. The molecule has 0 unspecified atom stereocenters. The van der Waals surface area contributed by atoms with Gasteiger partial charge in [-0.2, -0.15) is 4.57 Å². The van der Waals surface area contributed by atoms with Crippen LogP contribution in [0.5, 0.6) is 0 Å². The monoisotopic (exact) mass is 418 g/mol. The van der Waals surface area contributed by atoms with Gasteiger partial charge in [0.2, 0.25) is 12.3 Å².